The number of sulfonamides is 1. The van der Waals surface area contributed by atoms with E-state index in [0.717, 1.165) is 4.31 Å². The largest absolute Gasteiger partial charge is 0.495 e. The summed E-state index contributed by atoms with van der Waals surface area (Å²) in [6.07, 6.45) is 0. The molecule has 0 aliphatic rings. The van der Waals surface area contributed by atoms with Crippen LogP contribution in [0.25, 0.3) is 0 Å². The van der Waals surface area contributed by atoms with Crippen molar-refractivity contribution in [1.29, 1.82) is 0 Å². The molecule has 7 nitrogen and oxygen atoms in total. The Kier molecular flexibility index (Phi) is 5.34. The number of likely N-dealkylation sites (N-methyl/N-ethyl adjacent to an activating group) is 1. The Balaban J connectivity index is 3.14. The summed E-state index contributed by atoms with van der Waals surface area (Å²) >= 11 is 0. The summed E-state index contributed by atoms with van der Waals surface area (Å²) in [5, 5.41) is 0. The number of benzene rings is 1. The van der Waals surface area contributed by atoms with Crippen LogP contribution in [-0.2, 0) is 19.6 Å². The molecular formula is C12H18N2O5S. The number of carbonyl (C=O) groups is 1. The highest BCUT2D eigenvalue weighted by Gasteiger charge is 2.26. The Morgan fingerprint density at radius 3 is 2.45 bits per heavy atom. The molecule has 112 valence electrons. The maximum Gasteiger partial charge on any atom is 0.321 e. The first-order chi connectivity index (χ1) is 9.36. The molecule has 0 heterocycles. The van der Waals surface area contributed by atoms with Gasteiger partial charge in [0.1, 0.15) is 12.3 Å². The van der Waals surface area contributed by atoms with Gasteiger partial charge in [-0.2, -0.15) is 4.31 Å². The number of anilines is 1. The Labute approximate surface area is 118 Å². The molecule has 8 heteroatoms. The molecule has 1 rings (SSSR count). The number of nitrogens with two attached hydrogens (primary N) is 1. The van der Waals surface area contributed by atoms with Crippen molar-refractivity contribution in [1.82, 2.24) is 4.31 Å². The van der Waals surface area contributed by atoms with Gasteiger partial charge in [-0.15, -0.1) is 0 Å². The first-order valence-electron chi connectivity index (χ1n) is 5.87. The second kappa shape index (κ2) is 6.58. The third-order valence-electron chi connectivity index (χ3n) is 2.72. The standard InChI is InChI=1S/C12H18N2O5S/c1-4-14(8-12(15)19-3)20(16,17)9-5-6-11(18-2)10(13)7-9/h5-7H,4,8,13H2,1-3H3. The maximum absolute atomic E-state index is 12.4. The quantitative estimate of drug-likeness (QED) is 0.605. The molecule has 0 spiro atoms. The average Bonchev–Trinajstić information content (AvgIpc) is 2.43. The summed E-state index contributed by atoms with van der Waals surface area (Å²) in [5.74, 6) is -0.239. The molecule has 0 amide bonds. The van der Waals surface area contributed by atoms with Crippen LogP contribution in [0.5, 0.6) is 5.75 Å². The van der Waals surface area contributed by atoms with E-state index in [1.807, 2.05) is 0 Å². The molecular weight excluding hydrogens is 284 g/mol. The van der Waals surface area contributed by atoms with Crippen LogP contribution in [-0.4, -0.2) is 46.0 Å². The van der Waals surface area contributed by atoms with Gasteiger partial charge < -0.3 is 15.2 Å². The summed E-state index contributed by atoms with van der Waals surface area (Å²) in [5.41, 5.74) is 5.91. The summed E-state index contributed by atoms with van der Waals surface area (Å²) in [6.45, 7) is 1.43. The number of methoxy groups -OCH3 is 2. The van der Waals surface area contributed by atoms with Crippen LogP contribution in [0.1, 0.15) is 6.92 Å². The van der Waals surface area contributed by atoms with Crippen molar-refractivity contribution < 1.29 is 22.7 Å². The van der Waals surface area contributed by atoms with Crippen LogP contribution in [0, 0.1) is 0 Å². The molecule has 1 aromatic rings. The molecule has 0 saturated heterocycles. The lowest BCUT2D eigenvalue weighted by atomic mass is 10.3. The van der Waals surface area contributed by atoms with Crippen LogP contribution in [0.15, 0.2) is 23.1 Å². The van der Waals surface area contributed by atoms with Crippen molar-refractivity contribution >= 4 is 21.7 Å². The molecule has 0 bridgehead atoms. The number of hydrogen-bond donors (Lipinski definition) is 1. The third kappa shape index (κ3) is 3.40. The molecule has 0 aliphatic heterocycles. The van der Waals surface area contributed by atoms with Crippen molar-refractivity contribution in [3.05, 3.63) is 18.2 Å². The highest BCUT2D eigenvalue weighted by molar-refractivity contribution is 7.89. The van der Waals surface area contributed by atoms with E-state index in [2.05, 4.69) is 4.74 Å². The highest BCUT2D eigenvalue weighted by Crippen LogP contribution is 2.26. The number of nitrogens with zero attached hydrogens (tertiary/aromatic N) is 1. The van der Waals surface area contributed by atoms with Gasteiger partial charge in [0.2, 0.25) is 10.0 Å². The molecule has 0 aromatic heterocycles. The smallest absolute Gasteiger partial charge is 0.321 e. The van der Waals surface area contributed by atoms with Gasteiger partial charge in [0.05, 0.1) is 24.8 Å². The Morgan fingerprint density at radius 1 is 1.35 bits per heavy atom. The van der Waals surface area contributed by atoms with E-state index < -0.39 is 16.0 Å². The monoisotopic (exact) mass is 302 g/mol. The molecule has 2 N–H and O–H groups in total. The summed E-state index contributed by atoms with van der Waals surface area (Å²) in [7, 11) is -1.16. The zero-order chi connectivity index (χ0) is 15.3. The first-order valence-corrected chi connectivity index (χ1v) is 7.31. The number of esters is 1. The topological polar surface area (TPSA) is 98.9 Å². The number of hydrogen-bond acceptors (Lipinski definition) is 6. The summed E-state index contributed by atoms with van der Waals surface area (Å²) in [6, 6.07) is 4.15. The van der Waals surface area contributed by atoms with Crippen LogP contribution in [0.4, 0.5) is 5.69 Å². The molecule has 0 fully saturated rings. The Hall–Kier alpha value is -1.80. The fraction of sp³-hybridized carbons (Fsp3) is 0.417. The first kappa shape index (κ1) is 16.3. The number of nitrogen functional groups attached to an aromatic ring is 1. The normalized spacial score (nSPS) is 11.4. The van der Waals surface area contributed by atoms with Crippen molar-refractivity contribution in [2.75, 3.05) is 33.0 Å². The molecule has 0 unspecified atom stereocenters. The van der Waals surface area contributed by atoms with Crippen LogP contribution in [0.3, 0.4) is 0 Å². The van der Waals surface area contributed by atoms with E-state index in [-0.39, 0.29) is 23.7 Å². The second-order valence-corrected chi connectivity index (χ2v) is 5.85. The van der Waals surface area contributed by atoms with Crippen molar-refractivity contribution in [2.24, 2.45) is 0 Å². The SMILES string of the molecule is CCN(CC(=O)OC)S(=O)(=O)c1ccc(OC)c(N)c1. The molecule has 20 heavy (non-hydrogen) atoms. The minimum Gasteiger partial charge on any atom is -0.495 e. The lowest BCUT2D eigenvalue weighted by Gasteiger charge is -2.19. The zero-order valence-corrected chi connectivity index (χ0v) is 12.4. The van der Waals surface area contributed by atoms with E-state index >= 15 is 0 Å². The lowest BCUT2D eigenvalue weighted by molar-refractivity contribution is -0.140. The highest BCUT2D eigenvalue weighted by atomic mass is 32.2. The third-order valence-corrected chi connectivity index (χ3v) is 4.64. The van der Waals surface area contributed by atoms with Crippen LogP contribution in [0.2, 0.25) is 0 Å². The minimum absolute atomic E-state index is 0.00144. The lowest BCUT2D eigenvalue weighted by Crippen LogP contribution is -2.36. The number of carbonyl (C=O) groups excluding carboxylic acids is 1. The molecule has 0 atom stereocenters. The van der Waals surface area contributed by atoms with Gasteiger partial charge in [-0.05, 0) is 18.2 Å². The maximum atomic E-state index is 12.4. The van der Waals surface area contributed by atoms with E-state index in [0.29, 0.717) is 5.75 Å². The van der Waals surface area contributed by atoms with E-state index in [9.17, 15) is 13.2 Å². The molecule has 0 radical (unpaired) electrons. The molecule has 1 aromatic carbocycles. The fourth-order valence-corrected chi connectivity index (χ4v) is 3.03. The van der Waals surface area contributed by atoms with E-state index in [1.54, 1.807) is 6.92 Å². The Bertz CT molecular complexity index is 586. The Morgan fingerprint density at radius 2 is 2.00 bits per heavy atom. The van der Waals surface area contributed by atoms with Crippen LogP contribution < -0.4 is 10.5 Å². The van der Waals surface area contributed by atoms with Crippen molar-refractivity contribution in [3.63, 3.8) is 0 Å². The van der Waals surface area contributed by atoms with Crippen LogP contribution >= 0.6 is 0 Å². The average molecular weight is 302 g/mol. The van der Waals surface area contributed by atoms with E-state index in [1.165, 1.54) is 32.4 Å². The van der Waals surface area contributed by atoms with Gasteiger partial charge in [-0.3, -0.25) is 4.79 Å². The van der Waals surface area contributed by atoms with Gasteiger partial charge in [0.25, 0.3) is 0 Å². The minimum atomic E-state index is -3.81. The van der Waals surface area contributed by atoms with E-state index in [4.69, 9.17) is 10.5 Å². The van der Waals surface area contributed by atoms with Crippen molar-refractivity contribution in [2.45, 2.75) is 11.8 Å². The number of ether oxygens (including phenoxy) is 2. The predicted molar refractivity (Wildman–Crippen MR) is 73.9 cm³/mol. The van der Waals surface area contributed by atoms with Gasteiger partial charge in [0.15, 0.2) is 0 Å². The van der Waals surface area contributed by atoms with Gasteiger partial charge in [-0.25, -0.2) is 8.42 Å². The zero-order valence-electron chi connectivity index (χ0n) is 11.6. The van der Waals surface area contributed by atoms with Gasteiger partial charge in [0, 0.05) is 6.54 Å². The second-order valence-electron chi connectivity index (χ2n) is 3.91. The fourth-order valence-electron chi connectivity index (χ4n) is 1.60. The molecule has 0 aliphatic carbocycles. The number of rotatable bonds is 6. The predicted octanol–water partition coefficient (Wildman–Crippen LogP) is 0.461. The van der Waals surface area contributed by atoms with Gasteiger partial charge >= 0.3 is 5.97 Å². The molecule has 0 saturated carbocycles. The van der Waals surface area contributed by atoms with Gasteiger partial charge in [-0.1, -0.05) is 6.92 Å². The van der Waals surface area contributed by atoms with Crippen molar-refractivity contribution in [3.8, 4) is 5.75 Å². The summed E-state index contributed by atoms with van der Waals surface area (Å²) in [4.78, 5) is 11.3. The summed E-state index contributed by atoms with van der Waals surface area (Å²) < 4.78 is 35.2.